The molecule has 0 unspecified atom stereocenters. The Morgan fingerprint density at radius 2 is 1.96 bits per heavy atom. The summed E-state index contributed by atoms with van der Waals surface area (Å²) in [5, 5.41) is 13.0. The molecule has 0 saturated heterocycles. The van der Waals surface area contributed by atoms with Gasteiger partial charge in [0.15, 0.2) is 0 Å². The molecule has 0 bridgehead atoms. The van der Waals surface area contributed by atoms with Crippen LogP contribution < -0.4 is 5.32 Å². The smallest absolute Gasteiger partial charge is 0.352 e. The quantitative estimate of drug-likeness (QED) is 0.698. The van der Waals surface area contributed by atoms with Crippen LogP contribution >= 0.6 is 11.6 Å². The Hall–Kier alpha value is -2.86. The summed E-state index contributed by atoms with van der Waals surface area (Å²) in [7, 11) is 0. The Morgan fingerprint density at radius 1 is 1.23 bits per heavy atom. The van der Waals surface area contributed by atoms with Crippen LogP contribution in [0.15, 0.2) is 42.5 Å². The largest absolute Gasteiger partial charge is 0.477 e. The number of fused-ring (bicyclic) bond motifs is 1. The van der Waals surface area contributed by atoms with Gasteiger partial charge < -0.3 is 15.0 Å². The van der Waals surface area contributed by atoms with Gasteiger partial charge in [0.25, 0.3) is 0 Å². The van der Waals surface area contributed by atoms with E-state index in [-0.39, 0.29) is 22.8 Å². The lowest BCUT2D eigenvalue weighted by atomic mass is 10.1. The van der Waals surface area contributed by atoms with E-state index in [4.69, 9.17) is 11.6 Å². The fourth-order valence-corrected chi connectivity index (χ4v) is 3.29. The van der Waals surface area contributed by atoms with E-state index in [1.165, 1.54) is 12.1 Å². The number of halogens is 2. The maximum Gasteiger partial charge on any atom is 0.352 e. The number of rotatable bonds is 5. The average Bonchev–Trinajstić information content (AvgIpc) is 2.91. The van der Waals surface area contributed by atoms with E-state index < -0.39 is 17.7 Å². The molecule has 26 heavy (non-hydrogen) atoms. The van der Waals surface area contributed by atoms with E-state index in [0.29, 0.717) is 17.5 Å². The molecule has 0 radical (unpaired) electrons. The number of nitrogens with one attached hydrogen (secondary N) is 1. The van der Waals surface area contributed by atoms with Crippen LogP contribution in [0.25, 0.3) is 10.9 Å². The summed E-state index contributed by atoms with van der Waals surface area (Å²) < 4.78 is 14.8. The minimum absolute atomic E-state index is 0.0767. The highest BCUT2D eigenvalue weighted by Gasteiger charge is 2.23. The summed E-state index contributed by atoms with van der Waals surface area (Å²) in [4.78, 5) is 24.3. The van der Waals surface area contributed by atoms with Gasteiger partial charge in [0.05, 0.1) is 17.1 Å². The summed E-state index contributed by atoms with van der Waals surface area (Å²) in [6.45, 7) is 2.31. The topological polar surface area (TPSA) is 71.3 Å². The van der Waals surface area contributed by atoms with Gasteiger partial charge in [-0.1, -0.05) is 29.8 Å². The van der Waals surface area contributed by atoms with Crippen molar-refractivity contribution in [3.05, 3.63) is 64.6 Å². The van der Waals surface area contributed by atoms with E-state index in [1.54, 1.807) is 16.7 Å². The van der Waals surface area contributed by atoms with E-state index in [9.17, 15) is 19.1 Å². The van der Waals surface area contributed by atoms with Crippen LogP contribution in [0.1, 0.15) is 23.0 Å². The number of aryl methyl sites for hydroxylation is 1. The Morgan fingerprint density at radius 3 is 2.62 bits per heavy atom. The van der Waals surface area contributed by atoms with Gasteiger partial charge in [-0.2, -0.15) is 0 Å². The predicted molar refractivity (Wildman–Crippen MR) is 98.3 cm³/mol. The van der Waals surface area contributed by atoms with Crippen molar-refractivity contribution in [1.82, 2.24) is 4.57 Å². The third kappa shape index (κ3) is 3.28. The Bertz CT molecular complexity index is 1010. The van der Waals surface area contributed by atoms with Gasteiger partial charge in [-0.15, -0.1) is 0 Å². The zero-order valence-corrected chi connectivity index (χ0v) is 14.7. The van der Waals surface area contributed by atoms with E-state index in [1.807, 2.05) is 19.1 Å². The molecule has 3 rings (SSSR count). The average molecular weight is 375 g/mol. The van der Waals surface area contributed by atoms with Crippen LogP contribution in [-0.4, -0.2) is 21.6 Å². The molecule has 0 aliphatic rings. The molecular weight excluding hydrogens is 359 g/mol. The van der Waals surface area contributed by atoms with Crippen LogP contribution in [0, 0.1) is 5.82 Å². The fraction of sp³-hybridized carbons (Fsp3) is 0.158. The maximum atomic E-state index is 13.1. The molecule has 0 spiro atoms. The van der Waals surface area contributed by atoms with Gasteiger partial charge >= 0.3 is 5.97 Å². The zero-order chi connectivity index (χ0) is 18.8. The number of aromatic carboxylic acids is 1. The summed E-state index contributed by atoms with van der Waals surface area (Å²) in [5.41, 5.74) is 1.56. The van der Waals surface area contributed by atoms with Crippen LogP contribution in [0.4, 0.5) is 10.1 Å². The number of aromatic nitrogens is 1. The first-order valence-electron chi connectivity index (χ1n) is 8.00. The Balaban J connectivity index is 1.98. The first-order chi connectivity index (χ1) is 12.4. The number of hydrogen-bond donors (Lipinski definition) is 2. The first kappa shape index (κ1) is 17.9. The minimum Gasteiger partial charge on any atom is -0.477 e. The Labute approximate surface area is 154 Å². The first-order valence-corrected chi connectivity index (χ1v) is 8.38. The third-order valence-electron chi connectivity index (χ3n) is 4.14. The maximum absolute atomic E-state index is 13.1. The number of carbonyl (C=O) groups excluding carboxylic acids is 1. The number of carboxylic acid groups (broad SMARTS) is 1. The van der Waals surface area contributed by atoms with Gasteiger partial charge in [-0.3, -0.25) is 4.79 Å². The van der Waals surface area contributed by atoms with E-state index in [2.05, 4.69) is 5.32 Å². The molecule has 7 heteroatoms. The lowest BCUT2D eigenvalue weighted by Gasteiger charge is -2.08. The summed E-state index contributed by atoms with van der Waals surface area (Å²) in [5.74, 6) is -2.03. The number of carbonyl (C=O) groups is 2. The molecule has 2 N–H and O–H groups in total. The molecular formula is C19H16ClFN2O3. The van der Waals surface area contributed by atoms with Crippen molar-refractivity contribution in [2.75, 3.05) is 5.32 Å². The SMILES string of the molecule is CCn1c(C(=O)O)c(CC(=O)Nc2ccc(F)cc2Cl)c2ccccc21. The van der Waals surface area contributed by atoms with Gasteiger partial charge in [0, 0.05) is 23.0 Å². The number of para-hydroxylation sites is 1. The zero-order valence-electron chi connectivity index (χ0n) is 13.9. The van der Waals surface area contributed by atoms with Crippen LogP contribution in [-0.2, 0) is 17.8 Å². The second-order valence-corrected chi connectivity index (χ2v) is 6.15. The number of amides is 1. The predicted octanol–water partition coefficient (Wildman–Crippen LogP) is 4.33. The molecule has 1 aromatic heterocycles. The van der Waals surface area contributed by atoms with Gasteiger partial charge in [0.2, 0.25) is 5.91 Å². The number of carboxylic acids is 1. The van der Waals surface area contributed by atoms with E-state index >= 15 is 0 Å². The summed E-state index contributed by atoms with van der Waals surface area (Å²) in [6, 6.07) is 10.9. The summed E-state index contributed by atoms with van der Waals surface area (Å²) in [6.07, 6.45) is -0.136. The van der Waals surface area contributed by atoms with E-state index in [0.717, 1.165) is 11.6 Å². The third-order valence-corrected chi connectivity index (χ3v) is 4.45. The molecule has 0 aliphatic carbocycles. The normalized spacial score (nSPS) is 10.9. The Kier molecular flexibility index (Phi) is 4.95. The van der Waals surface area contributed by atoms with Gasteiger partial charge in [-0.05, 0) is 31.2 Å². The van der Waals surface area contributed by atoms with Crippen LogP contribution in [0.2, 0.25) is 5.02 Å². The molecule has 0 fully saturated rings. The molecule has 0 aliphatic heterocycles. The lowest BCUT2D eigenvalue weighted by molar-refractivity contribution is -0.115. The van der Waals surface area contributed by atoms with Crippen molar-refractivity contribution in [2.45, 2.75) is 19.9 Å². The molecule has 0 saturated carbocycles. The second-order valence-electron chi connectivity index (χ2n) is 5.74. The van der Waals surface area contributed by atoms with Crippen molar-refractivity contribution in [3.8, 4) is 0 Å². The molecule has 1 heterocycles. The molecule has 2 aromatic carbocycles. The molecule has 0 atom stereocenters. The highest BCUT2D eigenvalue weighted by Crippen LogP contribution is 2.28. The molecule has 1 amide bonds. The van der Waals surface area contributed by atoms with Crippen molar-refractivity contribution >= 4 is 40.1 Å². The number of benzene rings is 2. The number of hydrogen-bond acceptors (Lipinski definition) is 2. The van der Waals surface area contributed by atoms with Crippen molar-refractivity contribution in [3.63, 3.8) is 0 Å². The molecule has 134 valence electrons. The monoisotopic (exact) mass is 374 g/mol. The van der Waals surface area contributed by atoms with Crippen LogP contribution in [0.5, 0.6) is 0 Å². The molecule has 3 aromatic rings. The number of anilines is 1. The van der Waals surface area contributed by atoms with Crippen LogP contribution in [0.3, 0.4) is 0 Å². The van der Waals surface area contributed by atoms with Gasteiger partial charge in [-0.25, -0.2) is 9.18 Å². The lowest BCUT2D eigenvalue weighted by Crippen LogP contribution is -2.17. The van der Waals surface area contributed by atoms with Gasteiger partial charge in [0.1, 0.15) is 11.5 Å². The van der Waals surface area contributed by atoms with Crippen molar-refractivity contribution in [1.29, 1.82) is 0 Å². The summed E-state index contributed by atoms with van der Waals surface area (Å²) >= 11 is 5.93. The highest BCUT2D eigenvalue weighted by atomic mass is 35.5. The standard InChI is InChI=1S/C19H16ClFN2O3/c1-2-23-16-6-4-3-5-12(16)13(18(23)19(25)26)10-17(24)22-15-8-7-11(21)9-14(15)20/h3-9H,2,10H2,1H3,(H,22,24)(H,25,26). The minimum atomic E-state index is -1.09. The highest BCUT2D eigenvalue weighted by molar-refractivity contribution is 6.33. The second kappa shape index (κ2) is 7.17. The van der Waals surface area contributed by atoms with Crippen molar-refractivity contribution < 1.29 is 19.1 Å². The van der Waals surface area contributed by atoms with Crippen molar-refractivity contribution in [2.24, 2.45) is 0 Å². The molecule has 5 nitrogen and oxygen atoms in total. The fourth-order valence-electron chi connectivity index (χ4n) is 3.07. The number of nitrogens with zero attached hydrogens (tertiary/aromatic N) is 1.